The van der Waals surface area contributed by atoms with Crippen LogP contribution >= 0.6 is 24.0 Å². The minimum atomic E-state index is -0.277. The predicted molar refractivity (Wildman–Crippen MR) is 126 cm³/mol. The molecule has 3 amide bonds. The molecule has 10 heteroatoms. The number of nitrogens with one attached hydrogen (secondary N) is 2. The molecule has 32 heavy (non-hydrogen) atoms. The Morgan fingerprint density at radius 1 is 1.16 bits per heavy atom. The van der Waals surface area contributed by atoms with Crippen molar-refractivity contribution < 1.29 is 23.9 Å². The number of rotatable bonds is 6. The summed E-state index contributed by atoms with van der Waals surface area (Å²) in [6, 6.07) is 12.0. The number of hydrogen-bond donors (Lipinski definition) is 2. The Morgan fingerprint density at radius 2 is 1.91 bits per heavy atom. The standard InChI is InChI=1S/C22H19N3O5S2/c1-13(26)24-16-5-3-15(4-6-16)20(27)23-8-9-25-21(28)19(32-22(25)31)11-14-2-7-17-18(10-14)30-12-29-17/h2-7,10-11H,8-9,12H2,1H3,(H,23,27)(H,24,26)/b19-11+. The van der Waals surface area contributed by atoms with Crippen molar-refractivity contribution in [2.45, 2.75) is 6.92 Å². The van der Waals surface area contributed by atoms with Gasteiger partial charge in [-0.1, -0.05) is 30.0 Å². The summed E-state index contributed by atoms with van der Waals surface area (Å²) in [5, 5.41) is 5.43. The van der Waals surface area contributed by atoms with E-state index in [1.165, 1.54) is 23.6 Å². The molecule has 0 spiro atoms. The molecule has 2 heterocycles. The number of nitrogens with zero attached hydrogens (tertiary/aromatic N) is 1. The molecule has 0 radical (unpaired) electrons. The van der Waals surface area contributed by atoms with Gasteiger partial charge in [-0.2, -0.15) is 0 Å². The van der Waals surface area contributed by atoms with Crippen molar-refractivity contribution in [3.05, 3.63) is 58.5 Å². The molecule has 1 saturated heterocycles. The second kappa shape index (κ2) is 9.41. The van der Waals surface area contributed by atoms with Gasteiger partial charge in [0.25, 0.3) is 11.8 Å². The van der Waals surface area contributed by atoms with Crippen LogP contribution in [0.1, 0.15) is 22.8 Å². The van der Waals surface area contributed by atoms with E-state index in [1.807, 2.05) is 12.1 Å². The molecule has 164 valence electrons. The largest absolute Gasteiger partial charge is 0.454 e. The molecule has 4 rings (SSSR count). The van der Waals surface area contributed by atoms with Crippen LogP contribution < -0.4 is 20.1 Å². The van der Waals surface area contributed by atoms with E-state index < -0.39 is 0 Å². The average molecular weight is 470 g/mol. The first-order valence-corrected chi connectivity index (χ1v) is 10.9. The highest BCUT2D eigenvalue weighted by Gasteiger charge is 2.31. The second-order valence-electron chi connectivity index (χ2n) is 6.96. The van der Waals surface area contributed by atoms with Gasteiger partial charge in [-0.15, -0.1) is 0 Å². The van der Waals surface area contributed by atoms with Crippen LogP contribution in [0.3, 0.4) is 0 Å². The zero-order valence-electron chi connectivity index (χ0n) is 17.0. The molecule has 0 aromatic heterocycles. The third-order valence-corrected chi connectivity index (χ3v) is 6.03. The fourth-order valence-electron chi connectivity index (χ4n) is 3.14. The number of thiocarbonyl (C=S) groups is 1. The molecule has 0 saturated carbocycles. The molecular weight excluding hydrogens is 450 g/mol. The van der Waals surface area contributed by atoms with Crippen LogP contribution in [-0.2, 0) is 9.59 Å². The topological polar surface area (TPSA) is 97.0 Å². The SMILES string of the molecule is CC(=O)Nc1ccc(C(=O)NCCN2C(=O)/C(=C\c3ccc4c(c3)OCO4)SC2=S)cc1. The summed E-state index contributed by atoms with van der Waals surface area (Å²) in [6.07, 6.45) is 1.76. The number of amides is 3. The van der Waals surface area contributed by atoms with Gasteiger partial charge in [-0.3, -0.25) is 19.3 Å². The smallest absolute Gasteiger partial charge is 0.266 e. The van der Waals surface area contributed by atoms with E-state index in [2.05, 4.69) is 10.6 Å². The van der Waals surface area contributed by atoms with Crippen LogP contribution in [0.5, 0.6) is 11.5 Å². The lowest BCUT2D eigenvalue weighted by molar-refractivity contribution is -0.122. The summed E-state index contributed by atoms with van der Waals surface area (Å²) in [7, 11) is 0. The lowest BCUT2D eigenvalue weighted by atomic mass is 10.2. The molecule has 2 aromatic carbocycles. The highest BCUT2D eigenvalue weighted by molar-refractivity contribution is 8.26. The van der Waals surface area contributed by atoms with Crippen molar-refractivity contribution in [2.24, 2.45) is 0 Å². The molecule has 8 nitrogen and oxygen atoms in total. The van der Waals surface area contributed by atoms with Gasteiger partial charge in [-0.25, -0.2) is 0 Å². The number of fused-ring (bicyclic) bond motifs is 1. The van der Waals surface area contributed by atoms with E-state index in [1.54, 1.807) is 36.4 Å². The Hall–Kier alpha value is -3.37. The van der Waals surface area contributed by atoms with Gasteiger partial charge in [0.2, 0.25) is 12.7 Å². The van der Waals surface area contributed by atoms with E-state index in [0.29, 0.717) is 32.0 Å². The van der Waals surface area contributed by atoms with E-state index in [4.69, 9.17) is 21.7 Å². The maximum Gasteiger partial charge on any atom is 0.266 e. The van der Waals surface area contributed by atoms with Crippen molar-refractivity contribution in [1.82, 2.24) is 10.2 Å². The quantitative estimate of drug-likeness (QED) is 0.496. The summed E-state index contributed by atoms with van der Waals surface area (Å²) < 4.78 is 11.1. The van der Waals surface area contributed by atoms with Crippen molar-refractivity contribution in [3.63, 3.8) is 0 Å². The van der Waals surface area contributed by atoms with Gasteiger partial charge in [0, 0.05) is 31.3 Å². The fourth-order valence-corrected chi connectivity index (χ4v) is 4.45. The van der Waals surface area contributed by atoms with Gasteiger partial charge in [-0.05, 0) is 48.0 Å². The summed E-state index contributed by atoms with van der Waals surface area (Å²) in [5.74, 6) is 0.655. The minimum absolute atomic E-state index is 0.182. The number of anilines is 1. The molecule has 0 aliphatic carbocycles. The summed E-state index contributed by atoms with van der Waals surface area (Å²) >= 11 is 6.57. The minimum Gasteiger partial charge on any atom is -0.454 e. The monoisotopic (exact) mass is 469 g/mol. The maximum atomic E-state index is 12.8. The first-order valence-electron chi connectivity index (χ1n) is 9.71. The van der Waals surface area contributed by atoms with E-state index >= 15 is 0 Å². The van der Waals surface area contributed by atoms with Gasteiger partial charge in [0.1, 0.15) is 4.32 Å². The lowest BCUT2D eigenvalue weighted by Gasteiger charge is -2.15. The average Bonchev–Trinajstić information content (AvgIpc) is 3.33. The zero-order chi connectivity index (χ0) is 22.7. The summed E-state index contributed by atoms with van der Waals surface area (Å²) in [6.45, 7) is 2.11. The first-order chi connectivity index (χ1) is 15.4. The highest BCUT2D eigenvalue weighted by Crippen LogP contribution is 2.36. The third-order valence-electron chi connectivity index (χ3n) is 4.66. The predicted octanol–water partition coefficient (Wildman–Crippen LogP) is 3.00. The molecule has 0 atom stereocenters. The van der Waals surface area contributed by atoms with Gasteiger partial charge >= 0.3 is 0 Å². The Morgan fingerprint density at radius 3 is 2.66 bits per heavy atom. The van der Waals surface area contributed by atoms with Crippen molar-refractivity contribution in [1.29, 1.82) is 0 Å². The fraction of sp³-hybridized carbons (Fsp3) is 0.182. The van der Waals surface area contributed by atoms with Gasteiger partial charge in [0.15, 0.2) is 11.5 Å². The number of thioether (sulfide) groups is 1. The van der Waals surface area contributed by atoms with Crippen LogP contribution in [0, 0.1) is 0 Å². The van der Waals surface area contributed by atoms with E-state index in [0.717, 1.165) is 5.56 Å². The summed E-state index contributed by atoms with van der Waals surface area (Å²) in [5.41, 5.74) is 1.87. The number of benzene rings is 2. The van der Waals surface area contributed by atoms with Crippen molar-refractivity contribution in [3.8, 4) is 11.5 Å². The Bertz CT molecular complexity index is 1130. The van der Waals surface area contributed by atoms with Crippen LogP contribution in [0.15, 0.2) is 47.4 Å². The Labute approximate surface area is 193 Å². The number of ether oxygens (including phenoxy) is 2. The number of hydrogen-bond acceptors (Lipinski definition) is 7. The zero-order valence-corrected chi connectivity index (χ0v) is 18.7. The summed E-state index contributed by atoms with van der Waals surface area (Å²) in [4.78, 5) is 38.2. The second-order valence-corrected chi connectivity index (χ2v) is 8.64. The molecule has 2 aliphatic rings. The van der Waals surface area contributed by atoms with Gasteiger partial charge in [0.05, 0.1) is 4.91 Å². The van der Waals surface area contributed by atoms with Crippen LogP contribution in [0.4, 0.5) is 5.69 Å². The number of carbonyl (C=O) groups excluding carboxylic acids is 3. The highest BCUT2D eigenvalue weighted by atomic mass is 32.2. The van der Waals surface area contributed by atoms with Gasteiger partial charge < -0.3 is 20.1 Å². The Kier molecular flexibility index (Phi) is 6.42. The maximum absolute atomic E-state index is 12.8. The molecule has 0 unspecified atom stereocenters. The van der Waals surface area contributed by atoms with Crippen LogP contribution in [0.2, 0.25) is 0 Å². The molecular formula is C22H19N3O5S2. The molecule has 0 bridgehead atoms. The normalized spacial score (nSPS) is 15.9. The first kappa shape index (κ1) is 21.8. The molecule has 1 fully saturated rings. The lowest BCUT2D eigenvalue weighted by Crippen LogP contribution is -2.37. The van der Waals surface area contributed by atoms with E-state index in [-0.39, 0.29) is 37.6 Å². The molecule has 2 aliphatic heterocycles. The third kappa shape index (κ3) is 4.92. The van der Waals surface area contributed by atoms with Crippen molar-refractivity contribution in [2.75, 3.05) is 25.2 Å². The molecule has 2 N–H and O–H groups in total. The van der Waals surface area contributed by atoms with Crippen molar-refractivity contribution >= 4 is 57.8 Å². The molecule has 2 aromatic rings. The Balaban J connectivity index is 1.33. The number of carbonyl (C=O) groups is 3. The van der Waals surface area contributed by atoms with Crippen LogP contribution in [-0.4, -0.2) is 46.8 Å². The van der Waals surface area contributed by atoms with Crippen LogP contribution in [0.25, 0.3) is 6.08 Å². The van der Waals surface area contributed by atoms with E-state index in [9.17, 15) is 14.4 Å².